The molecule has 1 atom stereocenters. The lowest BCUT2D eigenvalue weighted by molar-refractivity contribution is -0.139. The number of sulfonamides is 1. The fraction of sp³-hybridized carbons (Fsp3) is 0.429. The highest BCUT2D eigenvalue weighted by molar-refractivity contribution is 7.89. The van der Waals surface area contributed by atoms with Crippen molar-refractivity contribution in [3.63, 3.8) is 0 Å². The van der Waals surface area contributed by atoms with Gasteiger partial charge in [-0.1, -0.05) is 19.8 Å². The van der Waals surface area contributed by atoms with Crippen molar-refractivity contribution in [1.29, 1.82) is 0 Å². The molecule has 0 aromatic heterocycles. The van der Waals surface area contributed by atoms with Crippen LogP contribution in [0.4, 0.5) is 10.1 Å². The zero-order chi connectivity index (χ0) is 17.6. The number of aliphatic carboxylic acids is 1. The first-order chi connectivity index (χ1) is 10.7. The summed E-state index contributed by atoms with van der Waals surface area (Å²) in [4.78, 5) is 21.8. The molecule has 0 radical (unpaired) electrons. The quantitative estimate of drug-likeness (QED) is 0.663. The number of nitrogens with one attached hydrogen (secondary N) is 2. The fourth-order valence-electron chi connectivity index (χ4n) is 1.85. The maximum absolute atomic E-state index is 13.6. The minimum Gasteiger partial charge on any atom is -0.480 e. The number of hydrogen-bond acceptors (Lipinski definition) is 4. The number of carboxylic acid groups (broad SMARTS) is 1. The maximum Gasteiger partial charge on any atom is 0.321 e. The molecule has 1 amide bonds. The standard InChI is InChI=1S/C14H19FN2O5S/c1-3-4-5-12(14(19)20)17-23(21,22)10-6-7-11(15)13(8-10)16-9(2)18/h6-8,12,17H,3-5H2,1-2H3,(H,16,18)(H,19,20)/t12-/m0/s1. The number of rotatable bonds is 8. The molecule has 0 spiro atoms. The topological polar surface area (TPSA) is 113 Å². The van der Waals surface area contributed by atoms with Crippen LogP contribution in [0, 0.1) is 5.82 Å². The summed E-state index contributed by atoms with van der Waals surface area (Å²) < 4.78 is 40.1. The van der Waals surface area contributed by atoms with E-state index in [9.17, 15) is 22.4 Å². The van der Waals surface area contributed by atoms with E-state index in [1.54, 1.807) is 0 Å². The van der Waals surface area contributed by atoms with E-state index in [0.29, 0.717) is 12.8 Å². The first-order valence-corrected chi connectivity index (χ1v) is 8.48. The van der Waals surface area contributed by atoms with Gasteiger partial charge in [-0.15, -0.1) is 0 Å². The molecule has 3 N–H and O–H groups in total. The molecule has 1 aromatic rings. The molecular formula is C14H19FN2O5S. The van der Waals surface area contributed by atoms with Crippen molar-refractivity contribution in [1.82, 2.24) is 4.72 Å². The second-order valence-corrected chi connectivity index (χ2v) is 6.69. The lowest BCUT2D eigenvalue weighted by Crippen LogP contribution is -2.40. The number of carbonyl (C=O) groups excluding carboxylic acids is 1. The van der Waals surface area contributed by atoms with Gasteiger partial charge in [-0.3, -0.25) is 9.59 Å². The summed E-state index contributed by atoms with van der Waals surface area (Å²) in [6.07, 6.45) is 1.40. The van der Waals surface area contributed by atoms with E-state index in [-0.39, 0.29) is 17.0 Å². The molecule has 23 heavy (non-hydrogen) atoms. The van der Waals surface area contributed by atoms with E-state index in [2.05, 4.69) is 10.0 Å². The predicted octanol–water partition coefficient (Wildman–Crippen LogP) is 1.71. The summed E-state index contributed by atoms with van der Waals surface area (Å²) in [6, 6.07) is 1.57. The van der Waals surface area contributed by atoms with Crippen molar-refractivity contribution in [2.24, 2.45) is 0 Å². The second-order valence-electron chi connectivity index (χ2n) is 4.98. The first kappa shape index (κ1) is 19.0. The van der Waals surface area contributed by atoms with E-state index in [1.807, 2.05) is 6.92 Å². The van der Waals surface area contributed by atoms with Crippen LogP contribution in [0.2, 0.25) is 0 Å². The number of unbranched alkanes of at least 4 members (excludes halogenated alkanes) is 1. The molecule has 1 rings (SSSR count). The Morgan fingerprint density at radius 3 is 2.52 bits per heavy atom. The Labute approximate surface area is 133 Å². The van der Waals surface area contributed by atoms with E-state index in [0.717, 1.165) is 25.1 Å². The van der Waals surface area contributed by atoms with Gasteiger partial charge in [0.05, 0.1) is 10.6 Å². The van der Waals surface area contributed by atoms with Crippen LogP contribution in [-0.2, 0) is 19.6 Å². The van der Waals surface area contributed by atoms with Crippen LogP contribution >= 0.6 is 0 Å². The second kappa shape index (κ2) is 8.02. The summed E-state index contributed by atoms with van der Waals surface area (Å²) in [7, 11) is -4.16. The normalized spacial score (nSPS) is 12.7. The SMILES string of the molecule is CCCC[C@H](NS(=O)(=O)c1ccc(F)c(NC(C)=O)c1)C(=O)O. The molecule has 128 valence electrons. The summed E-state index contributed by atoms with van der Waals surface area (Å²) in [5, 5.41) is 11.3. The molecule has 0 saturated heterocycles. The molecule has 0 fully saturated rings. The molecule has 0 bridgehead atoms. The van der Waals surface area contributed by atoms with Crippen LogP contribution in [0.3, 0.4) is 0 Å². The van der Waals surface area contributed by atoms with Gasteiger partial charge in [0.15, 0.2) is 0 Å². The van der Waals surface area contributed by atoms with Crippen LogP contribution in [0.15, 0.2) is 23.1 Å². The van der Waals surface area contributed by atoms with Gasteiger partial charge in [0.2, 0.25) is 15.9 Å². The fourth-order valence-corrected chi connectivity index (χ4v) is 3.10. The summed E-state index contributed by atoms with van der Waals surface area (Å²) in [6.45, 7) is 3.01. The van der Waals surface area contributed by atoms with Gasteiger partial charge in [-0.05, 0) is 24.6 Å². The van der Waals surface area contributed by atoms with Gasteiger partial charge >= 0.3 is 5.97 Å². The largest absolute Gasteiger partial charge is 0.480 e. The zero-order valence-corrected chi connectivity index (χ0v) is 13.6. The average molecular weight is 346 g/mol. The molecule has 0 aliphatic carbocycles. The average Bonchev–Trinajstić information content (AvgIpc) is 2.44. The van der Waals surface area contributed by atoms with Crippen molar-refractivity contribution in [3.8, 4) is 0 Å². The van der Waals surface area contributed by atoms with Crippen molar-refractivity contribution in [2.45, 2.75) is 44.0 Å². The molecule has 0 aliphatic heterocycles. The Bertz CT molecular complexity index is 690. The third-order valence-electron chi connectivity index (χ3n) is 3.00. The lowest BCUT2D eigenvalue weighted by atomic mass is 10.1. The molecule has 9 heteroatoms. The summed E-state index contributed by atoms with van der Waals surface area (Å²) in [5.41, 5.74) is -0.291. The highest BCUT2D eigenvalue weighted by Gasteiger charge is 2.25. The third-order valence-corrected chi connectivity index (χ3v) is 4.47. The number of carbonyl (C=O) groups is 2. The Kier molecular flexibility index (Phi) is 6.64. The minimum absolute atomic E-state index is 0.144. The Hall–Kier alpha value is -2.00. The highest BCUT2D eigenvalue weighted by Crippen LogP contribution is 2.20. The minimum atomic E-state index is -4.16. The van der Waals surface area contributed by atoms with Crippen LogP contribution < -0.4 is 10.0 Å². The smallest absolute Gasteiger partial charge is 0.321 e. The van der Waals surface area contributed by atoms with Gasteiger partial charge in [-0.2, -0.15) is 4.72 Å². The number of carboxylic acids is 1. The highest BCUT2D eigenvalue weighted by atomic mass is 32.2. The summed E-state index contributed by atoms with van der Waals surface area (Å²) in [5.74, 6) is -2.64. The molecule has 0 saturated carbocycles. The number of hydrogen-bond donors (Lipinski definition) is 3. The third kappa shape index (κ3) is 5.61. The zero-order valence-electron chi connectivity index (χ0n) is 12.8. The molecular weight excluding hydrogens is 327 g/mol. The Morgan fingerprint density at radius 2 is 2.00 bits per heavy atom. The molecule has 0 unspecified atom stereocenters. The maximum atomic E-state index is 13.6. The van der Waals surface area contributed by atoms with Crippen LogP contribution in [0.25, 0.3) is 0 Å². The van der Waals surface area contributed by atoms with E-state index in [1.165, 1.54) is 0 Å². The monoisotopic (exact) mass is 346 g/mol. The lowest BCUT2D eigenvalue weighted by Gasteiger charge is -2.15. The van der Waals surface area contributed by atoms with Crippen molar-refractivity contribution < 1.29 is 27.5 Å². The van der Waals surface area contributed by atoms with Crippen LogP contribution in [0.5, 0.6) is 0 Å². The Morgan fingerprint density at radius 1 is 1.35 bits per heavy atom. The van der Waals surface area contributed by atoms with Gasteiger partial charge < -0.3 is 10.4 Å². The van der Waals surface area contributed by atoms with E-state index in [4.69, 9.17) is 5.11 Å². The predicted molar refractivity (Wildman–Crippen MR) is 82.0 cm³/mol. The Balaban J connectivity index is 3.07. The molecule has 0 heterocycles. The molecule has 1 aromatic carbocycles. The number of anilines is 1. The van der Waals surface area contributed by atoms with Crippen LogP contribution in [-0.4, -0.2) is 31.4 Å². The van der Waals surface area contributed by atoms with Gasteiger partial charge in [-0.25, -0.2) is 12.8 Å². The molecule has 7 nitrogen and oxygen atoms in total. The number of benzene rings is 1. The van der Waals surface area contributed by atoms with Crippen molar-refractivity contribution >= 4 is 27.6 Å². The van der Waals surface area contributed by atoms with E-state index >= 15 is 0 Å². The van der Waals surface area contributed by atoms with Crippen molar-refractivity contribution in [3.05, 3.63) is 24.0 Å². The molecule has 0 aliphatic rings. The summed E-state index contributed by atoms with van der Waals surface area (Å²) >= 11 is 0. The first-order valence-electron chi connectivity index (χ1n) is 6.99. The van der Waals surface area contributed by atoms with Gasteiger partial charge in [0.25, 0.3) is 0 Å². The number of halogens is 1. The van der Waals surface area contributed by atoms with Gasteiger partial charge in [0, 0.05) is 6.92 Å². The van der Waals surface area contributed by atoms with E-state index < -0.39 is 33.8 Å². The van der Waals surface area contributed by atoms with Crippen molar-refractivity contribution in [2.75, 3.05) is 5.32 Å². The number of amides is 1. The van der Waals surface area contributed by atoms with Gasteiger partial charge in [0.1, 0.15) is 11.9 Å². The van der Waals surface area contributed by atoms with Crippen LogP contribution in [0.1, 0.15) is 33.1 Å².